The maximum atomic E-state index is 12.8. The highest BCUT2D eigenvalue weighted by Gasteiger charge is 2.31. The van der Waals surface area contributed by atoms with Gasteiger partial charge in [0.1, 0.15) is 4.90 Å². The van der Waals surface area contributed by atoms with Crippen LogP contribution in [0.5, 0.6) is 0 Å². The van der Waals surface area contributed by atoms with Gasteiger partial charge < -0.3 is 4.90 Å². The molecule has 1 aliphatic rings. The number of nitrogens with zero attached hydrogens (tertiary/aromatic N) is 2. The smallest absolute Gasteiger partial charge is 0.253 e. The molecule has 8 heteroatoms. The first kappa shape index (κ1) is 18.4. The molecule has 0 spiro atoms. The highest BCUT2D eigenvalue weighted by Crippen LogP contribution is 2.28. The van der Waals surface area contributed by atoms with Crippen molar-refractivity contribution < 1.29 is 13.2 Å². The number of hydrogen-bond acceptors (Lipinski definition) is 3. The molecule has 132 valence electrons. The Morgan fingerprint density at radius 1 is 1.00 bits per heavy atom. The van der Waals surface area contributed by atoms with Crippen molar-refractivity contribution in [2.24, 2.45) is 0 Å². The van der Waals surface area contributed by atoms with Gasteiger partial charge in [-0.1, -0.05) is 45.7 Å². The number of sulfonamides is 1. The third-order valence-corrected chi connectivity index (χ3v) is 6.93. The Labute approximate surface area is 160 Å². The molecule has 25 heavy (non-hydrogen) atoms. The van der Waals surface area contributed by atoms with Crippen LogP contribution in [0.15, 0.2) is 57.9 Å². The third-order valence-electron chi connectivity index (χ3n) is 4.06. The molecule has 0 radical (unpaired) electrons. The zero-order chi connectivity index (χ0) is 18.0. The van der Waals surface area contributed by atoms with Crippen molar-refractivity contribution in [2.75, 3.05) is 26.2 Å². The summed E-state index contributed by atoms with van der Waals surface area (Å²) in [4.78, 5) is 14.2. The van der Waals surface area contributed by atoms with E-state index in [4.69, 9.17) is 11.6 Å². The Morgan fingerprint density at radius 3 is 2.24 bits per heavy atom. The largest absolute Gasteiger partial charge is 0.336 e. The van der Waals surface area contributed by atoms with Crippen molar-refractivity contribution in [3.63, 3.8) is 0 Å². The second-order valence-electron chi connectivity index (χ2n) is 5.64. The van der Waals surface area contributed by atoms with Crippen LogP contribution in [0.2, 0.25) is 5.02 Å². The summed E-state index contributed by atoms with van der Waals surface area (Å²) in [5.41, 5.74) is 0.606. The van der Waals surface area contributed by atoms with Gasteiger partial charge in [0.2, 0.25) is 10.0 Å². The quantitative estimate of drug-likeness (QED) is 0.732. The van der Waals surface area contributed by atoms with Gasteiger partial charge >= 0.3 is 0 Å². The van der Waals surface area contributed by atoms with Crippen LogP contribution in [-0.2, 0) is 10.0 Å². The van der Waals surface area contributed by atoms with Crippen LogP contribution in [0.25, 0.3) is 0 Å². The number of carbonyl (C=O) groups excluding carboxylic acids is 1. The molecule has 0 aliphatic carbocycles. The molecule has 0 aromatic heterocycles. The Morgan fingerprint density at radius 2 is 1.64 bits per heavy atom. The van der Waals surface area contributed by atoms with Crippen LogP contribution < -0.4 is 0 Å². The van der Waals surface area contributed by atoms with E-state index in [9.17, 15) is 13.2 Å². The number of carbonyl (C=O) groups is 1. The molecule has 0 saturated carbocycles. The van der Waals surface area contributed by atoms with Gasteiger partial charge in [0.25, 0.3) is 5.91 Å². The number of hydrogen-bond donors (Lipinski definition) is 0. The van der Waals surface area contributed by atoms with E-state index < -0.39 is 10.0 Å². The van der Waals surface area contributed by atoms with Gasteiger partial charge in [-0.3, -0.25) is 4.79 Å². The summed E-state index contributed by atoms with van der Waals surface area (Å²) in [6.07, 6.45) is 0. The fourth-order valence-electron chi connectivity index (χ4n) is 2.72. The van der Waals surface area contributed by atoms with E-state index in [1.165, 1.54) is 10.4 Å². The van der Waals surface area contributed by atoms with Crippen molar-refractivity contribution in [2.45, 2.75) is 4.90 Å². The predicted molar refractivity (Wildman–Crippen MR) is 100 cm³/mol. The van der Waals surface area contributed by atoms with Crippen molar-refractivity contribution in [3.05, 3.63) is 63.6 Å². The summed E-state index contributed by atoms with van der Waals surface area (Å²) in [7, 11) is -3.68. The van der Waals surface area contributed by atoms with Crippen LogP contribution in [0.1, 0.15) is 10.4 Å². The van der Waals surface area contributed by atoms with Gasteiger partial charge in [0.05, 0.1) is 5.02 Å². The molecule has 5 nitrogen and oxygen atoms in total. The molecule has 0 unspecified atom stereocenters. The topological polar surface area (TPSA) is 57.7 Å². The predicted octanol–water partition coefficient (Wildman–Crippen LogP) is 3.25. The van der Waals surface area contributed by atoms with Crippen molar-refractivity contribution in [1.82, 2.24) is 9.21 Å². The van der Waals surface area contributed by atoms with E-state index in [1.54, 1.807) is 29.2 Å². The normalized spacial score (nSPS) is 16.0. The molecule has 0 atom stereocenters. The third kappa shape index (κ3) is 3.89. The zero-order valence-electron chi connectivity index (χ0n) is 13.2. The first-order valence-corrected chi connectivity index (χ1v) is 10.3. The summed E-state index contributed by atoms with van der Waals surface area (Å²) >= 11 is 9.36. The summed E-state index contributed by atoms with van der Waals surface area (Å²) in [6.45, 7) is 1.18. The molecule has 2 aromatic carbocycles. The first-order chi connectivity index (χ1) is 11.9. The standard InChI is InChI=1S/C17H16BrClN2O3S/c18-14-6-7-16(15(19)12-14)25(23,24)21-10-8-20(9-11-21)17(22)13-4-2-1-3-5-13/h1-7,12H,8-11H2. The Kier molecular flexibility index (Phi) is 5.48. The second-order valence-corrected chi connectivity index (χ2v) is 8.87. The van der Waals surface area contributed by atoms with Crippen LogP contribution in [0.3, 0.4) is 0 Å². The molecule has 2 aromatic rings. The monoisotopic (exact) mass is 442 g/mol. The lowest BCUT2D eigenvalue weighted by molar-refractivity contribution is 0.0698. The highest BCUT2D eigenvalue weighted by atomic mass is 79.9. The molecule has 1 amide bonds. The molecule has 0 N–H and O–H groups in total. The number of benzene rings is 2. The molecule has 1 saturated heterocycles. The molecule has 1 fully saturated rings. The molecular weight excluding hydrogens is 428 g/mol. The summed E-state index contributed by atoms with van der Waals surface area (Å²) < 4.78 is 27.7. The highest BCUT2D eigenvalue weighted by molar-refractivity contribution is 9.10. The average molecular weight is 444 g/mol. The van der Waals surface area contributed by atoms with Gasteiger partial charge in [-0.05, 0) is 30.3 Å². The maximum absolute atomic E-state index is 12.8. The summed E-state index contributed by atoms with van der Waals surface area (Å²) in [5, 5.41) is 0.178. The molecular formula is C17H16BrClN2O3S. The first-order valence-electron chi connectivity index (χ1n) is 7.69. The lowest BCUT2D eigenvalue weighted by Gasteiger charge is -2.34. The number of amides is 1. The number of rotatable bonds is 3. The fraction of sp³-hybridized carbons (Fsp3) is 0.235. The van der Waals surface area contributed by atoms with Crippen molar-refractivity contribution in [1.29, 1.82) is 0 Å². The minimum atomic E-state index is -3.68. The van der Waals surface area contributed by atoms with Gasteiger partial charge in [0, 0.05) is 36.2 Å². The zero-order valence-corrected chi connectivity index (χ0v) is 16.4. The Bertz CT molecular complexity index is 882. The van der Waals surface area contributed by atoms with Crippen molar-refractivity contribution in [3.8, 4) is 0 Å². The Hall–Kier alpha value is -1.41. The van der Waals surface area contributed by atoms with Gasteiger partial charge in [-0.25, -0.2) is 8.42 Å². The van der Waals surface area contributed by atoms with E-state index in [0.717, 1.165) is 4.47 Å². The maximum Gasteiger partial charge on any atom is 0.253 e. The summed E-state index contributed by atoms with van der Waals surface area (Å²) in [6, 6.07) is 13.7. The fourth-order valence-corrected chi connectivity index (χ4v) is 5.15. The van der Waals surface area contributed by atoms with E-state index in [2.05, 4.69) is 15.9 Å². The van der Waals surface area contributed by atoms with Crippen LogP contribution in [0.4, 0.5) is 0 Å². The molecule has 1 aliphatic heterocycles. The van der Waals surface area contributed by atoms with Crippen LogP contribution >= 0.6 is 27.5 Å². The van der Waals surface area contributed by atoms with E-state index in [1.807, 2.05) is 18.2 Å². The van der Waals surface area contributed by atoms with Crippen molar-refractivity contribution >= 4 is 43.5 Å². The minimum Gasteiger partial charge on any atom is -0.336 e. The lowest BCUT2D eigenvalue weighted by atomic mass is 10.2. The lowest BCUT2D eigenvalue weighted by Crippen LogP contribution is -2.50. The number of halogens is 2. The van der Waals surface area contributed by atoms with E-state index >= 15 is 0 Å². The van der Waals surface area contributed by atoms with E-state index in [-0.39, 0.29) is 28.9 Å². The van der Waals surface area contributed by atoms with Gasteiger partial charge in [-0.15, -0.1) is 0 Å². The molecule has 3 rings (SSSR count). The number of piperazine rings is 1. The summed E-state index contributed by atoms with van der Waals surface area (Å²) in [5.74, 6) is -0.0840. The van der Waals surface area contributed by atoms with E-state index in [0.29, 0.717) is 18.7 Å². The van der Waals surface area contributed by atoms with Crippen LogP contribution in [-0.4, -0.2) is 49.7 Å². The molecule has 0 bridgehead atoms. The van der Waals surface area contributed by atoms with Gasteiger partial charge in [0.15, 0.2) is 0 Å². The SMILES string of the molecule is O=C(c1ccccc1)N1CCN(S(=O)(=O)c2ccc(Br)cc2Cl)CC1. The van der Waals surface area contributed by atoms with Crippen LogP contribution in [0, 0.1) is 0 Å². The second kappa shape index (κ2) is 7.45. The Balaban J connectivity index is 1.72. The molecule has 1 heterocycles. The average Bonchev–Trinajstić information content (AvgIpc) is 2.61. The van der Waals surface area contributed by atoms with Gasteiger partial charge in [-0.2, -0.15) is 4.31 Å². The minimum absolute atomic E-state index is 0.0835.